The number of ether oxygens (including phenoxy) is 2. The predicted molar refractivity (Wildman–Crippen MR) is 92.9 cm³/mol. The largest absolute Gasteiger partial charge is 0.454 e. The zero-order valence-electron chi connectivity index (χ0n) is 13.1. The Morgan fingerprint density at radius 3 is 2.67 bits per heavy atom. The second-order valence-electron chi connectivity index (χ2n) is 5.03. The SMILES string of the molecule is CN=C(NCC(O)C(F)(F)F)N(C)Cc1ccc2c(c1)OCO2.I. The molecule has 1 aliphatic heterocycles. The predicted octanol–water partition coefficient (Wildman–Crippen LogP) is 1.96. The summed E-state index contributed by atoms with van der Waals surface area (Å²) in [5, 5.41) is 11.5. The van der Waals surface area contributed by atoms with Gasteiger partial charge in [0.2, 0.25) is 6.79 Å². The van der Waals surface area contributed by atoms with Crippen molar-refractivity contribution in [2.45, 2.75) is 18.8 Å². The first-order valence-corrected chi connectivity index (χ1v) is 6.86. The van der Waals surface area contributed by atoms with E-state index in [4.69, 9.17) is 14.6 Å². The first-order chi connectivity index (χ1) is 10.8. The van der Waals surface area contributed by atoms with E-state index in [2.05, 4.69) is 10.3 Å². The normalized spacial score (nSPS) is 14.8. The quantitative estimate of drug-likeness (QED) is 0.408. The van der Waals surface area contributed by atoms with Crippen LogP contribution in [0.3, 0.4) is 0 Å². The van der Waals surface area contributed by atoms with Crippen LogP contribution in [0.15, 0.2) is 23.2 Å². The van der Waals surface area contributed by atoms with Crippen molar-refractivity contribution in [2.24, 2.45) is 4.99 Å². The van der Waals surface area contributed by atoms with Crippen LogP contribution in [0, 0.1) is 0 Å². The molecule has 10 heteroatoms. The first kappa shape index (κ1) is 20.6. The van der Waals surface area contributed by atoms with Gasteiger partial charge in [0.1, 0.15) is 0 Å². The summed E-state index contributed by atoms with van der Waals surface area (Å²) in [6, 6.07) is 5.41. The summed E-state index contributed by atoms with van der Waals surface area (Å²) in [4.78, 5) is 5.55. The Kier molecular flexibility index (Phi) is 7.39. The van der Waals surface area contributed by atoms with Crippen molar-refractivity contribution >= 4 is 29.9 Å². The van der Waals surface area contributed by atoms with Crippen molar-refractivity contribution in [3.8, 4) is 11.5 Å². The van der Waals surface area contributed by atoms with Crippen molar-refractivity contribution in [3.05, 3.63) is 23.8 Å². The van der Waals surface area contributed by atoms with Gasteiger partial charge in [0.25, 0.3) is 0 Å². The number of alkyl halides is 3. The molecule has 0 bridgehead atoms. The highest BCUT2D eigenvalue weighted by molar-refractivity contribution is 14.0. The summed E-state index contributed by atoms with van der Waals surface area (Å²) in [7, 11) is 3.14. The number of nitrogens with one attached hydrogen (secondary N) is 1. The molecule has 0 saturated carbocycles. The highest BCUT2D eigenvalue weighted by Crippen LogP contribution is 2.32. The molecule has 0 aromatic heterocycles. The molecule has 2 rings (SSSR count). The Labute approximate surface area is 154 Å². The van der Waals surface area contributed by atoms with Crippen LogP contribution in [0.2, 0.25) is 0 Å². The molecule has 1 atom stereocenters. The van der Waals surface area contributed by atoms with Crippen LogP contribution in [0.1, 0.15) is 5.56 Å². The maximum absolute atomic E-state index is 12.3. The topological polar surface area (TPSA) is 66.3 Å². The van der Waals surface area contributed by atoms with E-state index in [-0.39, 0.29) is 36.7 Å². The third-order valence-electron chi connectivity index (χ3n) is 3.26. The van der Waals surface area contributed by atoms with Crippen LogP contribution in [0.4, 0.5) is 13.2 Å². The Bertz CT molecular complexity index is 584. The Balaban J connectivity index is 0.00000288. The number of halogens is 4. The van der Waals surface area contributed by atoms with Crippen LogP contribution >= 0.6 is 24.0 Å². The maximum atomic E-state index is 12.3. The fourth-order valence-corrected chi connectivity index (χ4v) is 2.08. The van der Waals surface area contributed by atoms with Gasteiger partial charge in [0.05, 0.1) is 6.54 Å². The third kappa shape index (κ3) is 5.30. The van der Waals surface area contributed by atoms with Crippen molar-refractivity contribution < 1.29 is 27.8 Å². The minimum atomic E-state index is -4.66. The van der Waals surface area contributed by atoms with E-state index in [0.717, 1.165) is 5.56 Å². The second kappa shape index (κ2) is 8.60. The summed E-state index contributed by atoms with van der Waals surface area (Å²) < 4.78 is 47.4. The standard InChI is InChI=1S/C14H18F3N3O3.HI/c1-18-13(19-6-12(21)14(15,16)17)20(2)7-9-3-4-10-11(5-9)23-8-22-10;/h3-5,12,21H,6-8H2,1-2H3,(H,18,19);1H. The van der Waals surface area contributed by atoms with Crippen LogP contribution in [0.5, 0.6) is 11.5 Å². The van der Waals surface area contributed by atoms with Gasteiger partial charge >= 0.3 is 6.18 Å². The minimum Gasteiger partial charge on any atom is -0.454 e. The molecule has 0 radical (unpaired) electrons. The number of nitrogens with zero attached hydrogens (tertiary/aromatic N) is 2. The lowest BCUT2D eigenvalue weighted by molar-refractivity contribution is -0.201. The molecule has 0 saturated heterocycles. The van der Waals surface area contributed by atoms with E-state index in [1.807, 2.05) is 6.07 Å². The summed E-state index contributed by atoms with van der Waals surface area (Å²) in [5.41, 5.74) is 0.885. The molecule has 0 amide bonds. The van der Waals surface area contributed by atoms with Gasteiger partial charge in [-0.2, -0.15) is 13.2 Å². The summed E-state index contributed by atoms with van der Waals surface area (Å²) in [6.45, 7) is -0.0900. The molecule has 1 aromatic rings. The number of guanidine groups is 1. The van der Waals surface area contributed by atoms with Gasteiger partial charge in [-0.05, 0) is 17.7 Å². The van der Waals surface area contributed by atoms with Gasteiger partial charge in [-0.25, -0.2) is 0 Å². The van der Waals surface area contributed by atoms with E-state index in [9.17, 15) is 13.2 Å². The molecule has 1 heterocycles. The van der Waals surface area contributed by atoms with Gasteiger partial charge in [-0.1, -0.05) is 6.07 Å². The average molecular weight is 461 g/mol. The number of aliphatic hydroxyl groups is 1. The van der Waals surface area contributed by atoms with E-state index in [0.29, 0.717) is 18.0 Å². The van der Waals surface area contributed by atoms with Crippen molar-refractivity contribution in [1.82, 2.24) is 10.2 Å². The highest BCUT2D eigenvalue weighted by atomic mass is 127. The number of hydrogen-bond donors (Lipinski definition) is 2. The van der Waals surface area contributed by atoms with Gasteiger partial charge in [-0.15, -0.1) is 24.0 Å². The Morgan fingerprint density at radius 2 is 2.04 bits per heavy atom. The van der Waals surface area contributed by atoms with Crippen molar-refractivity contribution in [3.63, 3.8) is 0 Å². The van der Waals surface area contributed by atoms with Crippen molar-refractivity contribution in [1.29, 1.82) is 0 Å². The maximum Gasteiger partial charge on any atom is 0.416 e. The average Bonchev–Trinajstić information content (AvgIpc) is 2.94. The number of aliphatic imine (C=N–C) groups is 1. The molecule has 24 heavy (non-hydrogen) atoms. The Hall–Kier alpha value is -1.43. The van der Waals surface area contributed by atoms with Crippen LogP contribution in [0.25, 0.3) is 0 Å². The van der Waals surface area contributed by atoms with E-state index < -0.39 is 18.8 Å². The van der Waals surface area contributed by atoms with Gasteiger partial charge in [-0.3, -0.25) is 4.99 Å². The van der Waals surface area contributed by atoms with E-state index in [1.54, 1.807) is 24.1 Å². The molecule has 1 unspecified atom stereocenters. The van der Waals surface area contributed by atoms with Crippen LogP contribution in [-0.2, 0) is 6.54 Å². The number of benzene rings is 1. The lowest BCUT2D eigenvalue weighted by Crippen LogP contribution is -2.45. The highest BCUT2D eigenvalue weighted by Gasteiger charge is 2.38. The number of rotatable bonds is 4. The summed E-state index contributed by atoms with van der Waals surface area (Å²) >= 11 is 0. The molecular weight excluding hydrogens is 442 g/mol. The summed E-state index contributed by atoms with van der Waals surface area (Å²) in [6.07, 6.45) is -7.11. The molecule has 2 N–H and O–H groups in total. The fourth-order valence-electron chi connectivity index (χ4n) is 2.08. The lowest BCUT2D eigenvalue weighted by atomic mass is 10.2. The van der Waals surface area contributed by atoms with Gasteiger partial charge in [0, 0.05) is 20.6 Å². The molecule has 1 aliphatic rings. The zero-order chi connectivity index (χ0) is 17.0. The second-order valence-corrected chi connectivity index (χ2v) is 5.03. The lowest BCUT2D eigenvalue weighted by Gasteiger charge is -2.24. The van der Waals surface area contributed by atoms with E-state index >= 15 is 0 Å². The number of hydrogen-bond acceptors (Lipinski definition) is 4. The number of fused-ring (bicyclic) bond motifs is 1. The fraction of sp³-hybridized carbons (Fsp3) is 0.500. The van der Waals surface area contributed by atoms with E-state index in [1.165, 1.54) is 7.05 Å². The summed E-state index contributed by atoms with van der Waals surface area (Å²) in [5.74, 6) is 1.53. The molecule has 0 spiro atoms. The molecule has 6 nitrogen and oxygen atoms in total. The number of aliphatic hydroxyl groups excluding tert-OH is 1. The van der Waals surface area contributed by atoms with Gasteiger partial charge in [0.15, 0.2) is 23.6 Å². The first-order valence-electron chi connectivity index (χ1n) is 6.86. The third-order valence-corrected chi connectivity index (χ3v) is 3.26. The molecular formula is C14H19F3IN3O3. The Morgan fingerprint density at radius 1 is 1.38 bits per heavy atom. The molecule has 1 aromatic carbocycles. The van der Waals surface area contributed by atoms with Gasteiger partial charge < -0.3 is 24.8 Å². The minimum absolute atomic E-state index is 0. The molecule has 136 valence electrons. The monoisotopic (exact) mass is 461 g/mol. The van der Waals surface area contributed by atoms with Crippen molar-refractivity contribution in [2.75, 3.05) is 27.4 Å². The van der Waals surface area contributed by atoms with Crippen LogP contribution in [-0.4, -0.2) is 55.7 Å². The zero-order valence-corrected chi connectivity index (χ0v) is 15.5. The molecule has 0 aliphatic carbocycles. The smallest absolute Gasteiger partial charge is 0.416 e. The molecule has 0 fully saturated rings. The van der Waals surface area contributed by atoms with Crippen LogP contribution < -0.4 is 14.8 Å².